The van der Waals surface area contributed by atoms with Crippen molar-refractivity contribution in [2.75, 3.05) is 0 Å². The summed E-state index contributed by atoms with van der Waals surface area (Å²) in [6.45, 7) is 12.8. The van der Waals surface area contributed by atoms with Crippen molar-refractivity contribution in [2.45, 2.75) is 233 Å². The van der Waals surface area contributed by atoms with E-state index in [9.17, 15) is 0 Å². The molecule has 0 fully saturated rings. The molecule has 1 aromatic rings. The molecule has 0 bridgehead atoms. The average Bonchev–Trinajstić information content (AvgIpc) is 3.40. The van der Waals surface area contributed by atoms with Crippen molar-refractivity contribution in [3.8, 4) is 0 Å². The van der Waals surface area contributed by atoms with Crippen LogP contribution < -0.4 is 0 Å². The van der Waals surface area contributed by atoms with Gasteiger partial charge in [-0.25, -0.2) is 4.98 Å². The highest BCUT2D eigenvalue weighted by Gasteiger charge is 2.16. The summed E-state index contributed by atoms with van der Waals surface area (Å²) < 4.78 is 2.53. The van der Waals surface area contributed by atoms with E-state index in [4.69, 9.17) is 4.98 Å². The van der Waals surface area contributed by atoms with Crippen LogP contribution in [0.5, 0.6) is 0 Å². The van der Waals surface area contributed by atoms with E-state index in [0.29, 0.717) is 11.8 Å². The first-order valence-electron chi connectivity index (χ1n) is 19.2. The summed E-state index contributed by atoms with van der Waals surface area (Å²) in [5.74, 6) is 2.47. The first-order valence-corrected chi connectivity index (χ1v) is 19.2. The van der Waals surface area contributed by atoms with E-state index in [1.807, 2.05) is 0 Å². The number of nitrogens with zero attached hydrogens (tertiary/aromatic N) is 2. The Labute approximate surface area is 259 Å². The molecule has 0 spiro atoms. The number of rotatable bonds is 31. The zero-order valence-electron chi connectivity index (χ0n) is 29.1. The SMILES string of the molecule is CCCCCCCCCCCCCCCCn1cc(C(C)C)nc1C(C)CCCCCCCCCCCCCCC. The zero-order chi connectivity index (χ0) is 29.8. The van der Waals surface area contributed by atoms with Crippen LogP contribution in [0, 0.1) is 0 Å². The smallest absolute Gasteiger partial charge is 0.111 e. The molecule has 1 atom stereocenters. The minimum Gasteiger partial charge on any atom is -0.334 e. The van der Waals surface area contributed by atoms with Gasteiger partial charge in [0, 0.05) is 18.7 Å². The van der Waals surface area contributed by atoms with Crippen LogP contribution in [0.2, 0.25) is 0 Å². The summed E-state index contributed by atoms with van der Waals surface area (Å²) in [5, 5.41) is 0. The molecule has 242 valence electrons. The molecule has 0 saturated carbocycles. The fourth-order valence-corrected chi connectivity index (χ4v) is 6.38. The van der Waals surface area contributed by atoms with E-state index < -0.39 is 0 Å². The van der Waals surface area contributed by atoms with E-state index in [-0.39, 0.29) is 0 Å². The molecule has 2 nitrogen and oxygen atoms in total. The largest absolute Gasteiger partial charge is 0.334 e. The van der Waals surface area contributed by atoms with E-state index in [1.165, 1.54) is 191 Å². The lowest BCUT2D eigenvalue weighted by molar-refractivity contribution is 0.494. The monoisotopic (exact) mass is 573 g/mol. The van der Waals surface area contributed by atoms with Crippen molar-refractivity contribution >= 4 is 0 Å². The average molecular weight is 573 g/mol. The summed E-state index contributed by atoms with van der Waals surface area (Å²) >= 11 is 0. The number of hydrogen-bond acceptors (Lipinski definition) is 1. The molecule has 0 aliphatic heterocycles. The van der Waals surface area contributed by atoms with Crippen LogP contribution in [0.15, 0.2) is 6.20 Å². The standard InChI is InChI=1S/C39H76N2/c1-6-8-10-12-14-16-18-20-22-24-26-28-30-32-34-41-35-38(36(3)4)40-39(41)37(5)33-31-29-27-25-23-21-19-17-15-13-11-9-7-2/h35-37H,6-34H2,1-5H3. The molecule has 0 saturated heterocycles. The highest BCUT2D eigenvalue weighted by atomic mass is 15.1. The Morgan fingerprint density at radius 3 is 1.20 bits per heavy atom. The lowest BCUT2D eigenvalue weighted by atomic mass is 10.00. The summed E-state index contributed by atoms with van der Waals surface area (Å²) in [5.41, 5.74) is 1.29. The molecular formula is C39H76N2. The van der Waals surface area contributed by atoms with Gasteiger partial charge in [0.15, 0.2) is 0 Å². The van der Waals surface area contributed by atoms with Crippen LogP contribution in [-0.4, -0.2) is 9.55 Å². The Bertz CT molecular complexity index is 661. The predicted octanol–water partition coefficient (Wildman–Crippen LogP) is 14.1. The molecule has 41 heavy (non-hydrogen) atoms. The van der Waals surface area contributed by atoms with E-state index in [2.05, 4.69) is 45.4 Å². The summed E-state index contributed by atoms with van der Waals surface area (Å²) in [6.07, 6.45) is 42.3. The van der Waals surface area contributed by atoms with Crippen molar-refractivity contribution in [1.29, 1.82) is 0 Å². The maximum absolute atomic E-state index is 5.14. The second-order valence-electron chi connectivity index (χ2n) is 13.9. The highest BCUT2D eigenvalue weighted by Crippen LogP contribution is 2.25. The van der Waals surface area contributed by atoms with Crippen molar-refractivity contribution in [3.63, 3.8) is 0 Å². The molecule has 1 heterocycles. The topological polar surface area (TPSA) is 17.8 Å². The van der Waals surface area contributed by atoms with E-state index >= 15 is 0 Å². The normalized spacial score (nSPS) is 12.5. The minimum atomic E-state index is 0.523. The van der Waals surface area contributed by atoms with Crippen LogP contribution in [0.1, 0.15) is 238 Å². The summed E-state index contributed by atoms with van der Waals surface area (Å²) in [7, 11) is 0. The maximum Gasteiger partial charge on any atom is 0.111 e. The maximum atomic E-state index is 5.14. The van der Waals surface area contributed by atoms with E-state index in [0.717, 1.165) is 6.54 Å². The van der Waals surface area contributed by atoms with Gasteiger partial charge in [-0.05, 0) is 18.8 Å². The van der Waals surface area contributed by atoms with Crippen molar-refractivity contribution in [2.24, 2.45) is 0 Å². The zero-order valence-corrected chi connectivity index (χ0v) is 29.1. The fraction of sp³-hybridized carbons (Fsp3) is 0.923. The van der Waals surface area contributed by atoms with Crippen LogP contribution >= 0.6 is 0 Å². The number of aryl methyl sites for hydroxylation is 1. The van der Waals surface area contributed by atoms with Crippen molar-refractivity contribution in [1.82, 2.24) is 9.55 Å². The molecule has 0 aliphatic rings. The van der Waals surface area contributed by atoms with Crippen molar-refractivity contribution < 1.29 is 0 Å². The predicted molar refractivity (Wildman–Crippen MR) is 185 cm³/mol. The highest BCUT2D eigenvalue weighted by molar-refractivity contribution is 5.11. The lowest BCUT2D eigenvalue weighted by Crippen LogP contribution is -2.07. The second-order valence-corrected chi connectivity index (χ2v) is 13.9. The van der Waals surface area contributed by atoms with Crippen LogP contribution in [-0.2, 0) is 6.54 Å². The molecule has 0 N–H and O–H groups in total. The van der Waals surface area contributed by atoms with Gasteiger partial charge in [-0.2, -0.15) is 0 Å². The number of imidazole rings is 1. The van der Waals surface area contributed by atoms with Crippen molar-refractivity contribution in [3.05, 3.63) is 17.7 Å². The summed E-state index contributed by atoms with van der Waals surface area (Å²) in [4.78, 5) is 5.14. The third-order valence-electron chi connectivity index (χ3n) is 9.35. The Morgan fingerprint density at radius 1 is 0.488 bits per heavy atom. The Balaban J connectivity index is 2.12. The van der Waals surface area contributed by atoms with Gasteiger partial charge >= 0.3 is 0 Å². The third-order valence-corrected chi connectivity index (χ3v) is 9.35. The Hall–Kier alpha value is -0.790. The van der Waals surface area contributed by atoms with Gasteiger partial charge in [-0.1, -0.05) is 202 Å². The van der Waals surface area contributed by atoms with Gasteiger partial charge in [0.1, 0.15) is 5.82 Å². The van der Waals surface area contributed by atoms with Gasteiger partial charge in [-0.3, -0.25) is 0 Å². The Morgan fingerprint density at radius 2 is 0.829 bits per heavy atom. The first kappa shape index (κ1) is 38.2. The first-order chi connectivity index (χ1) is 20.1. The van der Waals surface area contributed by atoms with Gasteiger partial charge in [0.25, 0.3) is 0 Å². The second kappa shape index (κ2) is 28.0. The van der Waals surface area contributed by atoms with Crippen LogP contribution in [0.4, 0.5) is 0 Å². The third kappa shape index (κ3) is 21.5. The summed E-state index contributed by atoms with van der Waals surface area (Å²) in [6, 6.07) is 0. The number of unbranched alkanes of at least 4 members (excludes halogenated alkanes) is 25. The lowest BCUT2D eigenvalue weighted by Gasteiger charge is -2.14. The molecule has 0 aliphatic carbocycles. The fourth-order valence-electron chi connectivity index (χ4n) is 6.38. The Kier molecular flexibility index (Phi) is 26.1. The minimum absolute atomic E-state index is 0.523. The molecule has 2 heteroatoms. The van der Waals surface area contributed by atoms with E-state index in [1.54, 1.807) is 0 Å². The quantitative estimate of drug-likeness (QED) is 0.0809. The van der Waals surface area contributed by atoms with Gasteiger partial charge in [-0.15, -0.1) is 0 Å². The van der Waals surface area contributed by atoms with Crippen LogP contribution in [0.3, 0.4) is 0 Å². The van der Waals surface area contributed by atoms with Gasteiger partial charge < -0.3 is 4.57 Å². The van der Waals surface area contributed by atoms with Gasteiger partial charge in [0.2, 0.25) is 0 Å². The molecule has 0 radical (unpaired) electrons. The number of aromatic nitrogens is 2. The molecule has 1 aromatic heterocycles. The molecule has 0 aromatic carbocycles. The van der Waals surface area contributed by atoms with Crippen LogP contribution in [0.25, 0.3) is 0 Å². The molecule has 1 unspecified atom stereocenters. The molecule has 1 rings (SSSR count). The number of hydrogen-bond donors (Lipinski definition) is 0. The molecule has 0 amide bonds. The molecular weight excluding hydrogens is 496 g/mol. The van der Waals surface area contributed by atoms with Gasteiger partial charge in [0.05, 0.1) is 5.69 Å².